The lowest BCUT2D eigenvalue weighted by atomic mass is 10.2. The van der Waals surface area contributed by atoms with Gasteiger partial charge in [0.15, 0.2) is 5.96 Å². The Morgan fingerprint density at radius 2 is 2.19 bits per heavy atom. The van der Waals surface area contributed by atoms with Gasteiger partial charge in [-0.3, -0.25) is 9.98 Å². The molecule has 0 saturated heterocycles. The van der Waals surface area contributed by atoms with Crippen molar-refractivity contribution in [2.45, 2.75) is 19.9 Å². The summed E-state index contributed by atoms with van der Waals surface area (Å²) in [5, 5.41) is 8.76. The molecular weight excluding hydrogens is 395 g/mol. The molecule has 0 amide bonds. The van der Waals surface area contributed by atoms with E-state index in [0.29, 0.717) is 0 Å². The number of aryl methyl sites for hydroxylation is 1. The first-order valence-corrected chi connectivity index (χ1v) is 7.54. The molecule has 21 heavy (non-hydrogen) atoms. The fourth-order valence-corrected chi connectivity index (χ4v) is 2.69. The lowest BCUT2D eigenvalue weighted by Gasteiger charge is -2.11. The molecule has 2 aromatic heterocycles. The summed E-state index contributed by atoms with van der Waals surface area (Å²) in [6, 6.07) is 6.18. The first kappa shape index (κ1) is 17.9. The Balaban J connectivity index is 0.00000220. The second kappa shape index (κ2) is 9.73. The van der Waals surface area contributed by atoms with Crippen LogP contribution in [-0.2, 0) is 13.0 Å². The highest BCUT2D eigenvalue weighted by atomic mass is 127. The number of nitrogens with zero attached hydrogens (tertiary/aromatic N) is 2. The molecule has 0 atom stereocenters. The van der Waals surface area contributed by atoms with Crippen LogP contribution in [0.2, 0.25) is 0 Å². The summed E-state index contributed by atoms with van der Waals surface area (Å²) in [6.45, 7) is 3.79. The molecule has 0 aliphatic rings. The van der Waals surface area contributed by atoms with Gasteiger partial charge in [0.2, 0.25) is 0 Å². The van der Waals surface area contributed by atoms with Crippen molar-refractivity contribution in [3.05, 3.63) is 52.0 Å². The summed E-state index contributed by atoms with van der Waals surface area (Å²) in [5.74, 6) is 0.835. The summed E-state index contributed by atoms with van der Waals surface area (Å²) >= 11 is 1.77. The van der Waals surface area contributed by atoms with Gasteiger partial charge in [-0.25, -0.2) is 0 Å². The molecule has 2 N–H and O–H groups in total. The third-order valence-electron chi connectivity index (χ3n) is 3.04. The molecule has 114 valence electrons. The van der Waals surface area contributed by atoms with Crippen LogP contribution in [0.25, 0.3) is 0 Å². The number of hydrogen-bond donors (Lipinski definition) is 2. The predicted octanol–water partition coefficient (Wildman–Crippen LogP) is 2.98. The second-order valence-corrected chi connectivity index (χ2v) is 5.49. The maximum absolute atomic E-state index is 4.23. The zero-order valence-corrected chi connectivity index (χ0v) is 15.4. The Kier molecular flexibility index (Phi) is 8.29. The Labute approximate surface area is 147 Å². The Bertz CT molecular complexity index is 554. The zero-order chi connectivity index (χ0) is 14.2. The van der Waals surface area contributed by atoms with Crippen LogP contribution in [0.5, 0.6) is 0 Å². The Morgan fingerprint density at radius 1 is 1.33 bits per heavy atom. The van der Waals surface area contributed by atoms with Gasteiger partial charge in [0.25, 0.3) is 0 Å². The van der Waals surface area contributed by atoms with Crippen molar-refractivity contribution < 1.29 is 0 Å². The minimum absolute atomic E-state index is 0. The van der Waals surface area contributed by atoms with Gasteiger partial charge in [0, 0.05) is 30.9 Å². The van der Waals surface area contributed by atoms with E-state index in [1.165, 1.54) is 16.0 Å². The SMILES string of the molecule is CN=C(NCCc1cccnc1)NCc1sccc1C.I. The highest BCUT2D eigenvalue weighted by molar-refractivity contribution is 14.0. The maximum Gasteiger partial charge on any atom is 0.191 e. The van der Waals surface area contributed by atoms with Crippen molar-refractivity contribution in [2.75, 3.05) is 13.6 Å². The molecule has 0 bridgehead atoms. The lowest BCUT2D eigenvalue weighted by molar-refractivity contribution is 0.796. The molecule has 0 aliphatic carbocycles. The van der Waals surface area contributed by atoms with Gasteiger partial charge in [-0.05, 0) is 42.0 Å². The fraction of sp³-hybridized carbons (Fsp3) is 0.333. The van der Waals surface area contributed by atoms with Crippen molar-refractivity contribution in [1.82, 2.24) is 15.6 Å². The smallest absolute Gasteiger partial charge is 0.191 e. The highest BCUT2D eigenvalue weighted by Crippen LogP contribution is 2.14. The molecule has 2 rings (SSSR count). The zero-order valence-electron chi connectivity index (χ0n) is 12.3. The van der Waals surface area contributed by atoms with Crippen molar-refractivity contribution in [3.63, 3.8) is 0 Å². The molecular formula is C15H21IN4S. The summed E-state index contributed by atoms with van der Waals surface area (Å²) in [5.41, 5.74) is 2.55. The number of thiophene rings is 1. The summed E-state index contributed by atoms with van der Waals surface area (Å²) in [7, 11) is 1.79. The summed E-state index contributed by atoms with van der Waals surface area (Å²) < 4.78 is 0. The van der Waals surface area contributed by atoms with Gasteiger partial charge < -0.3 is 10.6 Å². The van der Waals surface area contributed by atoms with Crippen molar-refractivity contribution in [3.8, 4) is 0 Å². The normalized spacial score (nSPS) is 10.9. The van der Waals surface area contributed by atoms with Crippen LogP contribution in [0.15, 0.2) is 41.0 Å². The first-order chi connectivity index (χ1) is 9.79. The van der Waals surface area contributed by atoms with Crippen LogP contribution in [0.4, 0.5) is 0 Å². The van der Waals surface area contributed by atoms with Gasteiger partial charge in [0.05, 0.1) is 6.54 Å². The number of guanidine groups is 1. The van der Waals surface area contributed by atoms with Crippen molar-refractivity contribution >= 4 is 41.3 Å². The molecule has 0 unspecified atom stereocenters. The topological polar surface area (TPSA) is 49.3 Å². The minimum Gasteiger partial charge on any atom is -0.356 e. The van der Waals surface area contributed by atoms with E-state index in [4.69, 9.17) is 0 Å². The number of hydrogen-bond acceptors (Lipinski definition) is 3. The number of rotatable bonds is 5. The van der Waals surface area contributed by atoms with Crippen LogP contribution >= 0.6 is 35.3 Å². The Hall–Kier alpha value is -1.15. The van der Waals surface area contributed by atoms with Gasteiger partial charge >= 0.3 is 0 Å². The van der Waals surface area contributed by atoms with Crippen molar-refractivity contribution in [1.29, 1.82) is 0 Å². The fourth-order valence-electron chi connectivity index (χ4n) is 1.84. The van der Waals surface area contributed by atoms with Crippen LogP contribution < -0.4 is 10.6 Å². The Morgan fingerprint density at radius 3 is 2.81 bits per heavy atom. The van der Waals surface area contributed by atoms with E-state index in [1.807, 2.05) is 12.3 Å². The molecule has 0 aliphatic heterocycles. The molecule has 0 radical (unpaired) electrons. The van der Waals surface area contributed by atoms with Crippen LogP contribution in [0, 0.1) is 6.92 Å². The molecule has 2 aromatic rings. The van der Waals surface area contributed by atoms with Crippen LogP contribution in [-0.4, -0.2) is 24.5 Å². The number of aromatic nitrogens is 1. The largest absolute Gasteiger partial charge is 0.356 e. The van der Waals surface area contributed by atoms with Gasteiger partial charge in [-0.15, -0.1) is 35.3 Å². The number of aliphatic imine (C=N–C) groups is 1. The molecule has 6 heteroatoms. The number of pyridine rings is 1. The van der Waals surface area contributed by atoms with E-state index in [9.17, 15) is 0 Å². The second-order valence-electron chi connectivity index (χ2n) is 4.49. The monoisotopic (exact) mass is 416 g/mol. The average molecular weight is 416 g/mol. The van der Waals surface area contributed by atoms with Crippen LogP contribution in [0.3, 0.4) is 0 Å². The van der Waals surface area contributed by atoms with E-state index in [1.54, 1.807) is 24.6 Å². The third kappa shape index (κ3) is 6.01. The lowest BCUT2D eigenvalue weighted by Crippen LogP contribution is -2.37. The van der Waals surface area contributed by atoms with Crippen molar-refractivity contribution in [2.24, 2.45) is 4.99 Å². The summed E-state index contributed by atoms with van der Waals surface area (Å²) in [4.78, 5) is 9.69. The molecule has 0 fully saturated rings. The molecule has 0 spiro atoms. The molecule has 2 heterocycles. The summed E-state index contributed by atoms with van der Waals surface area (Å²) in [6.07, 6.45) is 4.63. The van der Waals surface area contributed by atoms with E-state index in [-0.39, 0.29) is 24.0 Å². The quantitative estimate of drug-likeness (QED) is 0.448. The van der Waals surface area contributed by atoms with Gasteiger partial charge in [-0.2, -0.15) is 0 Å². The van der Waals surface area contributed by atoms with Gasteiger partial charge in [0.1, 0.15) is 0 Å². The van der Waals surface area contributed by atoms with Crippen LogP contribution in [0.1, 0.15) is 16.0 Å². The van der Waals surface area contributed by atoms with E-state index < -0.39 is 0 Å². The van der Waals surface area contributed by atoms with E-state index >= 15 is 0 Å². The molecule has 0 saturated carbocycles. The van der Waals surface area contributed by atoms with E-state index in [2.05, 4.69) is 45.0 Å². The number of halogens is 1. The minimum atomic E-state index is 0. The first-order valence-electron chi connectivity index (χ1n) is 6.66. The number of nitrogens with one attached hydrogen (secondary N) is 2. The molecule has 4 nitrogen and oxygen atoms in total. The average Bonchev–Trinajstić information content (AvgIpc) is 2.89. The predicted molar refractivity (Wildman–Crippen MR) is 101 cm³/mol. The van der Waals surface area contributed by atoms with Gasteiger partial charge in [-0.1, -0.05) is 6.07 Å². The standard InChI is InChI=1S/C15H20N4S.HI/c1-12-6-9-20-14(12)11-19-15(16-2)18-8-5-13-4-3-7-17-10-13;/h3-4,6-7,9-10H,5,8,11H2,1-2H3,(H2,16,18,19);1H. The van der Waals surface area contributed by atoms with E-state index in [0.717, 1.165) is 25.5 Å². The third-order valence-corrected chi connectivity index (χ3v) is 4.06. The molecule has 0 aromatic carbocycles. The maximum atomic E-state index is 4.23. The highest BCUT2D eigenvalue weighted by Gasteiger charge is 2.02.